The van der Waals surface area contributed by atoms with Gasteiger partial charge in [-0.05, 0) is 30.5 Å². The van der Waals surface area contributed by atoms with Crippen molar-refractivity contribution in [1.29, 1.82) is 0 Å². The molecule has 6 nitrogen and oxygen atoms in total. The fourth-order valence-corrected chi connectivity index (χ4v) is 3.85. The smallest absolute Gasteiger partial charge is 0.227 e. The summed E-state index contributed by atoms with van der Waals surface area (Å²) in [6.07, 6.45) is 4.69. The summed E-state index contributed by atoms with van der Waals surface area (Å²) in [6, 6.07) is 9.62. The molecule has 0 N–H and O–H groups in total. The molecule has 0 atom stereocenters. The molecule has 2 aliphatic heterocycles. The molecule has 0 unspecified atom stereocenters. The van der Waals surface area contributed by atoms with Crippen LogP contribution < -0.4 is 9.80 Å². The third kappa shape index (κ3) is 4.33. The van der Waals surface area contributed by atoms with Gasteiger partial charge in [0.05, 0.1) is 18.3 Å². The van der Waals surface area contributed by atoms with E-state index in [1.54, 1.807) is 0 Å². The summed E-state index contributed by atoms with van der Waals surface area (Å²) in [7, 11) is 0. The van der Waals surface area contributed by atoms with Gasteiger partial charge < -0.3 is 14.7 Å². The van der Waals surface area contributed by atoms with Gasteiger partial charge >= 0.3 is 0 Å². The molecule has 0 aliphatic carbocycles. The summed E-state index contributed by atoms with van der Waals surface area (Å²) in [4.78, 5) is 19.1. The van der Waals surface area contributed by atoms with Crippen LogP contribution in [0.1, 0.15) is 18.4 Å². The number of hydrogen-bond donors (Lipinski definition) is 0. The van der Waals surface area contributed by atoms with E-state index >= 15 is 0 Å². The minimum Gasteiger partial charge on any atom is -0.367 e. The molecule has 1 aromatic heterocycles. The van der Waals surface area contributed by atoms with Crippen molar-refractivity contribution in [2.45, 2.75) is 19.3 Å². The largest absolute Gasteiger partial charge is 0.367 e. The molecule has 2 aliphatic rings. The van der Waals surface area contributed by atoms with E-state index < -0.39 is 0 Å². The van der Waals surface area contributed by atoms with E-state index in [0.29, 0.717) is 11.4 Å². The fourth-order valence-electron chi connectivity index (χ4n) is 3.72. The van der Waals surface area contributed by atoms with Gasteiger partial charge in [0.25, 0.3) is 0 Å². The van der Waals surface area contributed by atoms with Crippen molar-refractivity contribution in [3.05, 3.63) is 47.1 Å². The van der Waals surface area contributed by atoms with Crippen LogP contribution in [0.25, 0.3) is 0 Å². The predicted octanol–water partition coefficient (Wildman–Crippen LogP) is 2.62. The van der Waals surface area contributed by atoms with Crippen molar-refractivity contribution in [2.75, 3.05) is 49.1 Å². The molecule has 27 heavy (non-hydrogen) atoms. The van der Waals surface area contributed by atoms with Crippen LogP contribution >= 0.6 is 11.6 Å². The normalized spacial score (nSPS) is 17.4. The molecule has 142 valence electrons. The van der Waals surface area contributed by atoms with Crippen LogP contribution in [0.2, 0.25) is 5.02 Å². The highest BCUT2D eigenvalue weighted by atomic mass is 35.5. The number of amides is 1. The maximum Gasteiger partial charge on any atom is 0.227 e. The Kier molecular flexibility index (Phi) is 5.43. The van der Waals surface area contributed by atoms with Crippen molar-refractivity contribution >= 4 is 29.0 Å². The molecule has 1 aromatic carbocycles. The first-order valence-electron chi connectivity index (χ1n) is 9.54. The molecule has 7 heteroatoms. The van der Waals surface area contributed by atoms with Gasteiger partial charge in [-0.2, -0.15) is 5.10 Å². The minimum absolute atomic E-state index is 0.169. The van der Waals surface area contributed by atoms with E-state index in [9.17, 15) is 4.79 Å². The highest BCUT2D eigenvalue weighted by molar-refractivity contribution is 6.30. The van der Waals surface area contributed by atoms with Gasteiger partial charge in [0, 0.05) is 50.4 Å². The Morgan fingerprint density at radius 2 is 1.67 bits per heavy atom. The molecular weight excluding hydrogens is 362 g/mol. The quantitative estimate of drug-likeness (QED) is 0.809. The Morgan fingerprint density at radius 3 is 2.37 bits per heavy atom. The van der Waals surface area contributed by atoms with Crippen molar-refractivity contribution in [3.8, 4) is 0 Å². The zero-order chi connectivity index (χ0) is 18.6. The molecule has 3 heterocycles. The second-order valence-corrected chi connectivity index (χ2v) is 7.57. The Morgan fingerprint density at radius 1 is 0.963 bits per heavy atom. The predicted molar refractivity (Wildman–Crippen MR) is 107 cm³/mol. The van der Waals surface area contributed by atoms with Crippen molar-refractivity contribution in [3.63, 3.8) is 0 Å². The highest BCUT2D eigenvalue weighted by Gasteiger charge is 2.22. The van der Waals surface area contributed by atoms with E-state index in [-0.39, 0.29) is 5.91 Å². The number of nitrogens with zero attached hydrogens (tertiary/aromatic N) is 5. The number of anilines is 2. The highest BCUT2D eigenvalue weighted by Crippen LogP contribution is 2.23. The Balaban J connectivity index is 1.34. The molecule has 0 radical (unpaired) electrons. The summed E-state index contributed by atoms with van der Waals surface area (Å²) in [6.45, 7) is 5.22. The van der Waals surface area contributed by atoms with Crippen molar-refractivity contribution in [1.82, 2.24) is 15.1 Å². The molecule has 0 saturated carbocycles. The number of halogens is 1. The van der Waals surface area contributed by atoms with E-state index in [1.165, 1.54) is 12.8 Å². The molecule has 0 bridgehead atoms. The molecule has 2 fully saturated rings. The third-order valence-electron chi connectivity index (χ3n) is 5.32. The van der Waals surface area contributed by atoms with Gasteiger partial charge in [-0.15, -0.1) is 5.10 Å². The fraction of sp³-hybridized carbons (Fsp3) is 0.450. The molecule has 2 saturated heterocycles. The first kappa shape index (κ1) is 18.0. The molecule has 4 rings (SSSR count). The number of carbonyl (C=O) groups is 1. The summed E-state index contributed by atoms with van der Waals surface area (Å²) in [5.41, 5.74) is 2.09. The number of hydrogen-bond acceptors (Lipinski definition) is 5. The average molecular weight is 386 g/mol. The summed E-state index contributed by atoms with van der Waals surface area (Å²) >= 11 is 5.91. The van der Waals surface area contributed by atoms with Crippen molar-refractivity contribution in [2.24, 2.45) is 0 Å². The topological polar surface area (TPSA) is 52.6 Å². The molecule has 0 spiro atoms. The van der Waals surface area contributed by atoms with Crippen molar-refractivity contribution < 1.29 is 4.79 Å². The maximum absolute atomic E-state index is 12.6. The van der Waals surface area contributed by atoms with Crippen LogP contribution in [0.5, 0.6) is 0 Å². The lowest BCUT2D eigenvalue weighted by Crippen LogP contribution is -2.49. The summed E-state index contributed by atoms with van der Waals surface area (Å²) in [5.74, 6) is 1.13. The summed E-state index contributed by atoms with van der Waals surface area (Å²) < 4.78 is 0. The number of rotatable bonds is 4. The first-order chi connectivity index (χ1) is 13.2. The molecule has 1 amide bonds. The van der Waals surface area contributed by atoms with Gasteiger partial charge in [-0.3, -0.25) is 4.79 Å². The van der Waals surface area contributed by atoms with Crippen LogP contribution in [0.15, 0.2) is 36.5 Å². The molecular formula is C20H24ClN5O. The number of benzene rings is 1. The lowest BCUT2D eigenvalue weighted by Gasteiger charge is -2.36. The summed E-state index contributed by atoms with van der Waals surface area (Å²) in [5, 5.41) is 9.18. The second-order valence-electron chi connectivity index (χ2n) is 7.14. The Labute approximate surface area is 164 Å². The van der Waals surface area contributed by atoms with Crippen LogP contribution in [0.4, 0.5) is 11.5 Å². The zero-order valence-corrected chi connectivity index (χ0v) is 16.1. The standard InChI is InChI=1S/C20H24ClN5O/c21-17-5-3-16(4-6-17)13-20(27)26-11-9-24(10-12-26)18-14-19(23-22-15-18)25-7-1-2-8-25/h3-6,14-15H,1-2,7-13H2. The second kappa shape index (κ2) is 8.13. The SMILES string of the molecule is O=C(Cc1ccc(Cl)cc1)N1CCN(c2cnnc(N3CCCC3)c2)CC1. The van der Waals surface area contributed by atoms with Crippen LogP contribution in [-0.2, 0) is 11.2 Å². The van der Waals surface area contributed by atoms with Crippen LogP contribution in [0, 0.1) is 0 Å². The number of aromatic nitrogens is 2. The lowest BCUT2D eigenvalue weighted by molar-refractivity contribution is -0.130. The zero-order valence-electron chi connectivity index (χ0n) is 15.4. The number of carbonyl (C=O) groups excluding carboxylic acids is 1. The average Bonchev–Trinajstić information content (AvgIpc) is 3.25. The third-order valence-corrected chi connectivity index (χ3v) is 5.58. The van der Waals surface area contributed by atoms with E-state index in [4.69, 9.17) is 11.6 Å². The van der Waals surface area contributed by atoms with E-state index in [0.717, 1.165) is 56.3 Å². The number of piperazine rings is 1. The monoisotopic (exact) mass is 385 g/mol. The molecule has 2 aromatic rings. The minimum atomic E-state index is 0.169. The Hall–Kier alpha value is -2.34. The Bertz CT molecular complexity index is 783. The van der Waals surface area contributed by atoms with Gasteiger partial charge in [0.1, 0.15) is 0 Å². The first-order valence-corrected chi connectivity index (χ1v) is 9.92. The van der Waals surface area contributed by atoms with Gasteiger partial charge in [-0.25, -0.2) is 0 Å². The van der Waals surface area contributed by atoms with Crippen LogP contribution in [0.3, 0.4) is 0 Å². The van der Waals surface area contributed by atoms with Gasteiger partial charge in [-0.1, -0.05) is 23.7 Å². The van der Waals surface area contributed by atoms with E-state index in [1.807, 2.05) is 35.4 Å². The van der Waals surface area contributed by atoms with Crippen LogP contribution in [-0.4, -0.2) is 60.3 Å². The lowest BCUT2D eigenvalue weighted by atomic mass is 10.1. The van der Waals surface area contributed by atoms with E-state index in [2.05, 4.69) is 26.1 Å². The van der Waals surface area contributed by atoms with Gasteiger partial charge in [0.2, 0.25) is 5.91 Å². The van der Waals surface area contributed by atoms with Gasteiger partial charge in [0.15, 0.2) is 5.82 Å². The maximum atomic E-state index is 12.6.